The largest absolute Gasteiger partial charge is 0.480 e. The molecular weight excluding hydrogens is 262 g/mol. The molecule has 0 saturated heterocycles. The summed E-state index contributed by atoms with van der Waals surface area (Å²) in [6.45, 7) is 0. The summed E-state index contributed by atoms with van der Waals surface area (Å²) in [6, 6.07) is 8.53. The van der Waals surface area contributed by atoms with Gasteiger partial charge in [0.2, 0.25) is 5.91 Å². The maximum Gasteiger partial charge on any atom is 0.326 e. The van der Waals surface area contributed by atoms with Crippen molar-refractivity contribution >= 4 is 29.7 Å². The number of amides is 1. The lowest BCUT2D eigenvalue weighted by atomic mass is 10.2. The van der Waals surface area contributed by atoms with Gasteiger partial charge in [0, 0.05) is 6.08 Å². The minimum Gasteiger partial charge on any atom is -0.480 e. The van der Waals surface area contributed by atoms with Crippen LogP contribution in [-0.4, -0.2) is 35.0 Å². The molecule has 0 heterocycles. The molecular formula is C14H17NO3S. The van der Waals surface area contributed by atoms with Crippen LogP contribution in [0.5, 0.6) is 0 Å². The number of hydrogen-bond acceptors (Lipinski definition) is 3. The number of aliphatic carboxylic acids is 1. The van der Waals surface area contributed by atoms with Crippen molar-refractivity contribution in [1.29, 1.82) is 0 Å². The number of hydrogen-bond donors (Lipinski definition) is 2. The van der Waals surface area contributed by atoms with E-state index in [1.54, 1.807) is 17.8 Å². The van der Waals surface area contributed by atoms with Crippen molar-refractivity contribution in [2.45, 2.75) is 12.5 Å². The van der Waals surface area contributed by atoms with Gasteiger partial charge in [-0.25, -0.2) is 4.79 Å². The van der Waals surface area contributed by atoms with E-state index in [-0.39, 0.29) is 0 Å². The van der Waals surface area contributed by atoms with E-state index in [1.807, 2.05) is 36.6 Å². The first-order chi connectivity index (χ1) is 9.13. The lowest BCUT2D eigenvalue weighted by molar-refractivity contribution is -0.141. The molecule has 0 aliphatic heterocycles. The Balaban J connectivity index is 2.53. The third-order valence-electron chi connectivity index (χ3n) is 2.45. The Morgan fingerprint density at radius 1 is 1.37 bits per heavy atom. The summed E-state index contributed by atoms with van der Waals surface area (Å²) in [6.07, 6.45) is 5.32. The van der Waals surface area contributed by atoms with Crippen LogP contribution >= 0.6 is 11.8 Å². The second kappa shape index (κ2) is 8.37. The Hall–Kier alpha value is -1.75. The second-order valence-electron chi connectivity index (χ2n) is 3.92. The molecule has 4 nitrogen and oxygen atoms in total. The highest BCUT2D eigenvalue weighted by Gasteiger charge is 2.17. The van der Waals surface area contributed by atoms with Crippen LogP contribution in [0.15, 0.2) is 36.4 Å². The highest BCUT2D eigenvalue weighted by Crippen LogP contribution is 2.03. The standard InChI is InChI=1S/C14H17NO3S/c1-19-10-9-12(14(17)18)15-13(16)8-7-11-5-3-2-4-6-11/h2-8,12H,9-10H2,1H3,(H,15,16)(H,17,18). The third-order valence-corrected chi connectivity index (χ3v) is 3.10. The van der Waals surface area contributed by atoms with Crippen molar-refractivity contribution in [1.82, 2.24) is 5.32 Å². The predicted molar refractivity (Wildman–Crippen MR) is 78.0 cm³/mol. The molecule has 0 bridgehead atoms. The van der Waals surface area contributed by atoms with Crippen LogP contribution < -0.4 is 5.32 Å². The van der Waals surface area contributed by atoms with Gasteiger partial charge in [0.05, 0.1) is 0 Å². The molecule has 1 amide bonds. The van der Waals surface area contributed by atoms with Crippen molar-refractivity contribution < 1.29 is 14.7 Å². The first-order valence-electron chi connectivity index (χ1n) is 5.89. The molecule has 19 heavy (non-hydrogen) atoms. The Morgan fingerprint density at radius 3 is 2.63 bits per heavy atom. The first kappa shape index (κ1) is 15.3. The second-order valence-corrected chi connectivity index (χ2v) is 4.91. The summed E-state index contributed by atoms with van der Waals surface area (Å²) in [4.78, 5) is 22.6. The van der Waals surface area contributed by atoms with Gasteiger partial charge >= 0.3 is 5.97 Å². The maximum atomic E-state index is 11.6. The summed E-state index contributed by atoms with van der Waals surface area (Å²) >= 11 is 1.55. The van der Waals surface area contributed by atoms with Gasteiger partial charge < -0.3 is 10.4 Å². The zero-order valence-electron chi connectivity index (χ0n) is 10.7. The maximum absolute atomic E-state index is 11.6. The average Bonchev–Trinajstić information content (AvgIpc) is 2.42. The van der Waals surface area contributed by atoms with Crippen LogP contribution in [0.25, 0.3) is 6.08 Å². The SMILES string of the molecule is CSCCC(NC(=O)C=Cc1ccccc1)C(=O)O. The van der Waals surface area contributed by atoms with Gasteiger partial charge in [0.1, 0.15) is 6.04 Å². The molecule has 0 fully saturated rings. The summed E-state index contributed by atoms with van der Waals surface area (Å²) in [5.74, 6) is -0.701. The molecule has 0 aliphatic carbocycles. The van der Waals surface area contributed by atoms with E-state index in [9.17, 15) is 9.59 Å². The Bertz CT molecular complexity index is 445. The lowest BCUT2D eigenvalue weighted by Gasteiger charge is -2.12. The summed E-state index contributed by atoms with van der Waals surface area (Å²) < 4.78 is 0. The van der Waals surface area contributed by atoms with Crippen molar-refractivity contribution in [2.75, 3.05) is 12.0 Å². The van der Waals surface area contributed by atoms with E-state index >= 15 is 0 Å². The number of nitrogens with one attached hydrogen (secondary N) is 1. The zero-order chi connectivity index (χ0) is 14.1. The predicted octanol–water partition coefficient (Wildman–Crippen LogP) is 2.02. The molecule has 5 heteroatoms. The van der Waals surface area contributed by atoms with Crippen LogP contribution in [0.3, 0.4) is 0 Å². The van der Waals surface area contributed by atoms with Gasteiger partial charge in [-0.1, -0.05) is 30.3 Å². The molecule has 0 radical (unpaired) electrons. The van der Waals surface area contributed by atoms with Gasteiger partial charge in [-0.05, 0) is 30.1 Å². The minimum atomic E-state index is -1.00. The molecule has 1 rings (SSSR count). The van der Waals surface area contributed by atoms with Crippen LogP contribution in [0.2, 0.25) is 0 Å². The fraction of sp³-hybridized carbons (Fsp3) is 0.286. The van der Waals surface area contributed by atoms with Crippen molar-refractivity contribution in [3.63, 3.8) is 0 Å². The Kier molecular flexibility index (Phi) is 6.74. The smallest absolute Gasteiger partial charge is 0.326 e. The third kappa shape index (κ3) is 6.10. The van der Waals surface area contributed by atoms with Gasteiger partial charge in [-0.3, -0.25) is 4.79 Å². The molecule has 102 valence electrons. The summed E-state index contributed by atoms with van der Waals surface area (Å²) in [5.41, 5.74) is 0.897. The highest BCUT2D eigenvalue weighted by atomic mass is 32.2. The average molecular weight is 279 g/mol. The Morgan fingerprint density at radius 2 is 2.05 bits per heavy atom. The zero-order valence-corrected chi connectivity index (χ0v) is 11.5. The molecule has 0 saturated carbocycles. The molecule has 1 aromatic carbocycles. The fourth-order valence-corrected chi connectivity index (χ4v) is 1.92. The van der Waals surface area contributed by atoms with Gasteiger partial charge in [0.15, 0.2) is 0 Å². The monoisotopic (exact) mass is 279 g/mol. The van der Waals surface area contributed by atoms with E-state index < -0.39 is 17.9 Å². The van der Waals surface area contributed by atoms with E-state index in [0.717, 1.165) is 5.56 Å². The van der Waals surface area contributed by atoms with Crippen molar-refractivity contribution in [3.05, 3.63) is 42.0 Å². The highest BCUT2D eigenvalue weighted by molar-refractivity contribution is 7.98. The normalized spacial score (nSPS) is 12.3. The number of thioether (sulfide) groups is 1. The molecule has 2 N–H and O–H groups in total. The van der Waals surface area contributed by atoms with Crippen LogP contribution in [0.4, 0.5) is 0 Å². The van der Waals surface area contributed by atoms with E-state index in [2.05, 4.69) is 5.32 Å². The van der Waals surface area contributed by atoms with Crippen LogP contribution in [0, 0.1) is 0 Å². The fourth-order valence-electron chi connectivity index (χ4n) is 1.45. The van der Waals surface area contributed by atoms with Crippen LogP contribution in [0.1, 0.15) is 12.0 Å². The molecule has 1 unspecified atom stereocenters. The molecule has 0 aromatic heterocycles. The number of rotatable bonds is 7. The van der Waals surface area contributed by atoms with Crippen LogP contribution in [-0.2, 0) is 9.59 Å². The molecule has 0 aliphatic rings. The Labute approximate surface area is 116 Å². The van der Waals surface area contributed by atoms with Crippen molar-refractivity contribution in [3.8, 4) is 0 Å². The molecule has 1 aromatic rings. The summed E-state index contributed by atoms with van der Waals surface area (Å²) in [5, 5.41) is 11.5. The first-order valence-corrected chi connectivity index (χ1v) is 7.28. The van der Waals surface area contributed by atoms with E-state index in [0.29, 0.717) is 12.2 Å². The number of carboxylic acid groups (broad SMARTS) is 1. The number of carbonyl (C=O) groups is 2. The number of carboxylic acids is 1. The number of carbonyl (C=O) groups excluding carboxylic acids is 1. The van der Waals surface area contributed by atoms with Gasteiger partial charge in [-0.2, -0.15) is 11.8 Å². The lowest BCUT2D eigenvalue weighted by Crippen LogP contribution is -2.40. The van der Waals surface area contributed by atoms with E-state index in [4.69, 9.17) is 5.11 Å². The topological polar surface area (TPSA) is 66.4 Å². The van der Waals surface area contributed by atoms with Gasteiger partial charge in [0.25, 0.3) is 0 Å². The quantitative estimate of drug-likeness (QED) is 0.749. The molecule has 1 atom stereocenters. The van der Waals surface area contributed by atoms with Gasteiger partial charge in [-0.15, -0.1) is 0 Å². The van der Waals surface area contributed by atoms with E-state index in [1.165, 1.54) is 6.08 Å². The van der Waals surface area contributed by atoms with Crippen molar-refractivity contribution in [2.24, 2.45) is 0 Å². The minimum absolute atomic E-state index is 0.391. The summed E-state index contributed by atoms with van der Waals surface area (Å²) in [7, 11) is 0. The number of benzene rings is 1. The molecule has 0 spiro atoms.